The van der Waals surface area contributed by atoms with Gasteiger partial charge in [-0.05, 0) is 36.1 Å². The van der Waals surface area contributed by atoms with Gasteiger partial charge in [0.2, 0.25) is 10.0 Å². The van der Waals surface area contributed by atoms with Gasteiger partial charge in [-0.1, -0.05) is 31.2 Å². The molecule has 0 radical (unpaired) electrons. The highest BCUT2D eigenvalue weighted by Gasteiger charge is 2.34. The molecule has 1 aromatic heterocycles. The third kappa shape index (κ3) is 5.33. The Labute approximate surface area is 198 Å². The SMILES string of the molecule is CCCS(=O)(=O)NC[C@H]1CN(c2ccc3cc(-c4ccccc4C(F)(F)F)[nH]c(=O)c3c2)C(=O)O1. The Morgan fingerprint density at radius 3 is 2.60 bits per heavy atom. The molecule has 1 amide bonds. The minimum absolute atomic E-state index is 0.0168. The molecule has 4 rings (SSSR count). The van der Waals surface area contributed by atoms with Gasteiger partial charge in [0.25, 0.3) is 5.56 Å². The summed E-state index contributed by atoms with van der Waals surface area (Å²) in [7, 11) is -3.47. The molecule has 0 bridgehead atoms. The van der Waals surface area contributed by atoms with E-state index in [9.17, 15) is 31.2 Å². The molecule has 8 nitrogen and oxygen atoms in total. The van der Waals surface area contributed by atoms with E-state index < -0.39 is 39.5 Å². The Morgan fingerprint density at radius 2 is 1.89 bits per heavy atom. The number of cyclic esters (lactones) is 1. The van der Waals surface area contributed by atoms with Crippen molar-refractivity contribution in [3.05, 3.63) is 64.4 Å². The normalized spacial score (nSPS) is 16.6. The summed E-state index contributed by atoms with van der Waals surface area (Å²) in [5, 5.41) is 0.566. The Hall–Kier alpha value is -3.38. The number of H-pyrrole nitrogens is 1. The number of halogens is 3. The van der Waals surface area contributed by atoms with Crippen LogP contribution in [0.2, 0.25) is 0 Å². The van der Waals surface area contributed by atoms with E-state index in [4.69, 9.17) is 4.74 Å². The molecule has 35 heavy (non-hydrogen) atoms. The van der Waals surface area contributed by atoms with Crippen LogP contribution in [0.15, 0.2) is 53.3 Å². The molecule has 1 atom stereocenters. The number of pyridine rings is 1. The maximum Gasteiger partial charge on any atom is 0.417 e. The van der Waals surface area contributed by atoms with E-state index in [0.717, 1.165) is 6.07 Å². The molecule has 1 saturated heterocycles. The number of ether oxygens (including phenoxy) is 1. The molecule has 3 aromatic rings. The predicted molar refractivity (Wildman–Crippen MR) is 125 cm³/mol. The number of hydrogen-bond acceptors (Lipinski definition) is 5. The molecule has 0 unspecified atom stereocenters. The van der Waals surface area contributed by atoms with Crippen LogP contribution in [0.3, 0.4) is 0 Å². The number of alkyl halides is 3. The second-order valence-electron chi connectivity index (χ2n) is 8.11. The lowest BCUT2D eigenvalue weighted by Gasteiger charge is -2.15. The number of benzene rings is 2. The van der Waals surface area contributed by atoms with E-state index in [1.54, 1.807) is 13.0 Å². The summed E-state index contributed by atoms with van der Waals surface area (Å²) in [6, 6.07) is 10.9. The van der Waals surface area contributed by atoms with Crippen molar-refractivity contribution >= 4 is 32.6 Å². The number of carbonyl (C=O) groups excluding carboxylic acids is 1. The molecule has 0 saturated carbocycles. The average molecular weight is 510 g/mol. The third-order valence-electron chi connectivity index (χ3n) is 5.54. The van der Waals surface area contributed by atoms with Crippen LogP contribution < -0.4 is 15.2 Å². The second-order valence-corrected chi connectivity index (χ2v) is 10.0. The van der Waals surface area contributed by atoms with Gasteiger partial charge in [0.1, 0.15) is 6.10 Å². The highest BCUT2D eigenvalue weighted by Crippen LogP contribution is 2.36. The Balaban J connectivity index is 1.61. The van der Waals surface area contributed by atoms with E-state index in [1.165, 1.54) is 41.3 Å². The van der Waals surface area contributed by atoms with Crippen molar-refractivity contribution in [3.8, 4) is 11.3 Å². The van der Waals surface area contributed by atoms with Gasteiger partial charge in [0, 0.05) is 28.9 Å². The number of nitrogens with one attached hydrogen (secondary N) is 2. The van der Waals surface area contributed by atoms with E-state index >= 15 is 0 Å². The van der Waals surface area contributed by atoms with Crippen LogP contribution in [-0.4, -0.2) is 44.4 Å². The van der Waals surface area contributed by atoms with Crippen molar-refractivity contribution in [3.63, 3.8) is 0 Å². The van der Waals surface area contributed by atoms with Gasteiger partial charge in [-0.2, -0.15) is 13.2 Å². The van der Waals surface area contributed by atoms with Crippen molar-refractivity contribution in [1.29, 1.82) is 0 Å². The van der Waals surface area contributed by atoms with Crippen molar-refractivity contribution in [2.45, 2.75) is 25.6 Å². The summed E-state index contributed by atoms with van der Waals surface area (Å²) in [6.07, 6.45) is -5.56. The number of rotatable bonds is 7. The Kier molecular flexibility index (Phi) is 6.60. The maximum absolute atomic E-state index is 13.4. The lowest BCUT2D eigenvalue weighted by Crippen LogP contribution is -2.35. The van der Waals surface area contributed by atoms with Crippen LogP contribution in [0, 0.1) is 0 Å². The summed E-state index contributed by atoms with van der Waals surface area (Å²) in [5.41, 5.74) is -1.28. The van der Waals surface area contributed by atoms with Crippen LogP contribution in [0.1, 0.15) is 18.9 Å². The lowest BCUT2D eigenvalue weighted by atomic mass is 10.0. The van der Waals surface area contributed by atoms with Gasteiger partial charge in [-0.3, -0.25) is 9.69 Å². The van der Waals surface area contributed by atoms with Crippen LogP contribution >= 0.6 is 0 Å². The lowest BCUT2D eigenvalue weighted by molar-refractivity contribution is -0.137. The number of sulfonamides is 1. The molecule has 1 aliphatic heterocycles. The fourth-order valence-corrected chi connectivity index (χ4v) is 5.05. The van der Waals surface area contributed by atoms with Crippen molar-refractivity contribution in [2.24, 2.45) is 0 Å². The predicted octanol–water partition coefficient (Wildman–Crippen LogP) is 3.87. The molecule has 2 N–H and O–H groups in total. The second kappa shape index (κ2) is 9.34. The molecule has 186 valence electrons. The zero-order chi connectivity index (χ0) is 25.4. The van der Waals surface area contributed by atoms with Gasteiger partial charge >= 0.3 is 12.3 Å². The monoisotopic (exact) mass is 509 g/mol. The fraction of sp³-hybridized carbons (Fsp3) is 0.304. The molecular formula is C23H22F3N3O5S. The largest absolute Gasteiger partial charge is 0.443 e. The Morgan fingerprint density at radius 1 is 1.14 bits per heavy atom. The topological polar surface area (TPSA) is 109 Å². The quantitative estimate of drug-likeness (QED) is 0.503. The van der Waals surface area contributed by atoms with E-state index in [-0.39, 0.29) is 35.5 Å². The number of carbonyl (C=O) groups is 1. The van der Waals surface area contributed by atoms with E-state index in [1.807, 2.05) is 0 Å². The number of amides is 1. The first-order valence-corrected chi connectivity index (χ1v) is 12.4. The first kappa shape index (κ1) is 24.7. The zero-order valence-electron chi connectivity index (χ0n) is 18.6. The summed E-state index contributed by atoms with van der Waals surface area (Å²) >= 11 is 0. The first-order chi connectivity index (χ1) is 16.5. The minimum Gasteiger partial charge on any atom is -0.443 e. The third-order valence-corrected chi connectivity index (χ3v) is 7.09. The van der Waals surface area contributed by atoms with Gasteiger partial charge in [-0.15, -0.1) is 0 Å². The summed E-state index contributed by atoms with van der Waals surface area (Å²) in [4.78, 5) is 28.9. The number of aromatic amines is 1. The molecule has 2 heterocycles. The molecule has 12 heteroatoms. The van der Waals surface area contributed by atoms with Crippen LogP contribution in [-0.2, 0) is 20.9 Å². The van der Waals surface area contributed by atoms with Crippen LogP contribution in [0.4, 0.5) is 23.7 Å². The molecule has 1 fully saturated rings. The molecule has 0 aliphatic carbocycles. The number of nitrogens with zero attached hydrogens (tertiary/aromatic N) is 1. The molecule has 0 spiro atoms. The summed E-state index contributed by atoms with van der Waals surface area (Å²) < 4.78 is 71.6. The highest BCUT2D eigenvalue weighted by molar-refractivity contribution is 7.89. The molecule has 2 aromatic carbocycles. The first-order valence-electron chi connectivity index (χ1n) is 10.8. The van der Waals surface area contributed by atoms with Gasteiger partial charge in [0.05, 0.1) is 17.9 Å². The summed E-state index contributed by atoms with van der Waals surface area (Å²) in [5.74, 6) is -0.0414. The summed E-state index contributed by atoms with van der Waals surface area (Å²) in [6.45, 7) is 1.71. The van der Waals surface area contributed by atoms with Crippen LogP contribution in [0.25, 0.3) is 22.0 Å². The van der Waals surface area contributed by atoms with Gasteiger partial charge < -0.3 is 9.72 Å². The number of hydrogen-bond donors (Lipinski definition) is 2. The van der Waals surface area contributed by atoms with E-state index in [0.29, 0.717) is 17.5 Å². The van der Waals surface area contributed by atoms with Crippen molar-refractivity contribution in [1.82, 2.24) is 9.71 Å². The molecular weight excluding hydrogens is 487 g/mol. The fourth-order valence-electron chi connectivity index (χ4n) is 3.93. The standard InChI is InChI=1S/C23H22F3N3O5S/c1-2-9-35(32,33)27-12-16-13-29(22(31)34-16)15-8-7-14-10-20(28-21(30)18(14)11-15)17-5-3-4-6-19(17)23(24,25)26/h3-8,10-11,16,27H,2,9,12-13H2,1H3,(H,28,30)/t16-/m0/s1. The Bertz CT molecular complexity index is 1440. The number of anilines is 1. The van der Waals surface area contributed by atoms with Crippen molar-refractivity contribution < 1.29 is 31.1 Å². The van der Waals surface area contributed by atoms with Crippen molar-refractivity contribution in [2.75, 3.05) is 23.7 Å². The zero-order valence-corrected chi connectivity index (χ0v) is 19.4. The van der Waals surface area contributed by atoms with Gasteiger partial charge in [-0.25, -0.2) is 17.9 Å². The maximum atomic E-state index is 13.4. The minimum atomic E-state index is -4.59. The number of fused-ring (bicyclic) bond motifs is 1. The smallest absolute Gasteiger partial charge is 0.417 e. The van der Waals surface area contributed by atoms with Crippen LogP contribution in [0.5, 0.6) is 0 Å². The average Bonchev–Trinajstić information content (AvgIpc) is 3.17. The highest BCUT2D eigenvalue weighted by atomic mass is 32.2. The molecule has 1 aliphatic rings. The van der Waals surface area contributed by atoms with E-state index in [2.05, 4.69) is 9.71 Å². The number of aromatic nitrogens is 1. The van der Waals surface area contributed by atoms with Gasteiger partial charge in [0.15, 0.2) is 0 Å².